The fourth-order valence-corrected chi connectivity index (χ4v) is 1.88. The average molecular weight is 270 g/mol. The lowest BCUT2D eigenvalue weighted by molar-refractivity contribution is 0.00466. The highest BCUT2D eigenvalue weighted by atomic mass is 16.7. The highest BCUT2D eigenvalue weighted by Gasteiger charge is 2.08. The van der Waals surface area contributed by atoms with Gasteiger partial charge in [-0.3, -0.25) is 4.79 Å². The van der Waals surface area contributed by atoms with Crippen molar-refractivity contribution in [3.05, 3.63) is 65.2 Å². The first kappa shape index (κ1) is 14.3. The van der Waals surface area contributed by atoms with E-state index < -0.39 is 0 Å². The number of ether oxygens (including phenoxy) is 2. The van der Waals surface area contributed by atoms with Gasteiger partial charge in [0.2, 0.25) is 0 Å². The molecule has 0 aliphatic carbocycles. The van der Waals surface area contributed by atoms with Crippen LogP contribution in [0, 0.1) is 6.92 Å². The number of aryl methyl sites for hydroxylation is 1. The molecule has 0 aliphatic heterocycles. The highest BCUT2D eigenvalue weighted by molar-refractivity contribution is 5.96. The smallest absolute Gasteiger partial charge is 0.189 e. The molecule has 0 bridgehead atoms. The minimum absolute atomic E-state index is 0.0111. The van der Waals surface area contributed by atoms with E-state index in [-0.39, 0.29) is 12.6 Å². The molecule has 3 heteroatoms. The predicted octanol–water partition coefficient (Wildman–Crippen LogP) is 3.75. The Morgan fingerprint density at radius 1 is 1.10 bits per heavy atom. The summed E-state index contributed by atoms with van der Waals surface area (Å²) in [5.41, 5.74) is 2.72. The second-order valence-electron chi connectivity index (χ2n) is 4.65. The maximum Gasteiger partial charge on any atom is 0.189 e. The first-order valence-electron chi connectivity index (χ1n) is 6.53. The van der Waals surface area contributed by atoms with Crippen molar-refractivity contribution in [2.75, 3.05) is 6.79 Å². The van der Waals surface area contributed by atoms with Crippen LogP contribution in [0.4, 0.5) is 0 Å². The number of hydrogen-bond donors (Lipinski definition) is 0. The molecule has 2 rings (SSSR count). The third-order valence-corrected chi connectivity index (χ3v) is 2.93. The number of hydrogen-bond acceptors (Lipinski definition) is 3. The molecule has 0 N–H and O–H groups in total. The zero-order chi connectivity index (χ0) is 14.4. The summed E-state index contributed by atoms with van der Waals surface area (Å²) in [6.45, 7) is 4.10. The molecule has 0 amide bonds. The number of Topliss-reactive ketones (excluding diaryl/α,β-unsaturated/α-hetero) is 1. The Hall–Kier alpha value is -2.13. The number of carbonyl (C=O) groups is 1. The predicted molar refractivity (Wildman–Crippen MR) is 77.9 cm³/mol. The van der Waals surface area contributed by atoms with E-state index in [2.05, 4.69) is 0 Å². The zero-order valence-corrected chi connectivity index (χ0v) is 11.8. The summed E-state index contributed by atoms with van der Waals surface area (Å²) >= 11 is 0. The molecular formula is C17H18O3. The van der Waals surface area contributed by atoms with Gasteiger partial charge in [0, 0.05) is 0 Å². The van der Waals surface area contributed by atoms with Gasteiger partial charge in [0.1, 0.15) is 5.75 Å². The van der Waals surface area contributed by atoms with E-state index in [1.807, 2.05) is 49.4 Å². The Morgan fingerprint density at radius 2 is 1.85 bits per heavy atom. The van der Waals surface area contributed by atoms with Gasteiger partial charge in [0.25, 0.3) is 0 Å². The monoisotopic (exact) mass is 270 g/mol. The van der Waals surface area contributed by atoms with Crippen LogP contribution >= 0.6 is 0 Å². The molecule has 0 spiro atoms. The van der Waals surface area contributed by atoms with Crippen LogP contribution in [-0.2, 0) is 11.3 Å². The van der Waals surface area contributed by atoms with E-state index in [0.717, 1.165) is 11.1 Å². The fourth-order valence-electron chi connectivity index (χ4n) is 1.88. The molecule has 0 radical (unpaired) electrons. The Kier molecular flexibility index (Phi) is 4.91. The summed E-state index contributed by atoms with van der Waals surface area (Å²) in [5, 5.41) is 0. The summed E-state index contributed by atoms with van der Waals surface area (Å²) in [6, 6.07) is 15.4. The van der Waals surface area contributed by atoms with Crippen LogP contribution in [0.1, 0.15) is 28.4 Å². The van der Waals surface area contributed by atoms with Gasteiger partial charge in [-0.05, 0) is 37.1 Å². The van der Waals surface area contributed by atoms with E-state index in [1.165, 1.54) is 6.92 Å². The molecule has 2 aromatic carbocycles. The molecule has 0 saturated heterocycles. The summed E-state index contributed by atoms with van der Waals surface area (Å²) in [4.78, 5) is 11.5. The van der Waals surface area contributed by atoms with Crippen molar-refractivity contribution in [1.82, 2.24) is 0 Å². The van der Waals surface area contributed by atoms with Crippen LogP contribution in [0.2, 0.25) is 0 Å². The zero-order valence-electron chi connectivity index (χ0n) is 11.8. The number of rotatable bonds is 6. The van der Waals surface area contributed by atoms with Crippen molar-refractivity contribution < 1.29 is 14.3 Å². The summed E-state index contributed by atoms with van der Waals surface area (Å²) in [6.07, 6.45) is 0. The van der Waals surface area contributed by atoms with Gasteiger partial charge in [-0.15, -0.1) is 0 Å². The van der Waals surface area contributed by atoms with Crippen LogP contribution in [0.25, 0.3) is 0 Å². The van der Waals surface area contributed by atoms with Gasteiger partial charge in [-0.1, -0.05) is 36.4 Å². The second-order valence-corrected chi connectivity index (χ2v) is 4.65. The fraction of sp³-hybridized carbons (Fsp3) is 0.235. The standard InChI is InChI=1S/C17H18O3/c1-13-8-9-16(14(2)18)17(10-13)20-12-19-11-15-6-4-3-5-7-15/h3-10H,11-12H2,1-2H3. The van der Waals surface area contributed by atoms with Gasteiger partial charge in [-0.25, -0.2) is 0 Å². The molecule has 0 aromatic heterocycles. The summed E-state index contributed by atoms with van der Waals surface area (Å²) in [5.74, 6) is 0.564. The molecule has 3 nitrogen and oxygen atoms in total. The van der Waals surface area contributed by atoms with Crippen LogP contribution in [0.15, 0.2) is 48.5 Å². The minimum atomic E-state index is -0.0111. The van der Waals surface area contributed by atoms with E-state index >= 15 is 0 Å². The van der Waals surface area contributed by atoms with Crippen molar-refractivity contribution in [3.63, 3.8) is 0 Å². The average Bonchev–Trinajstić information content (AvgIpc) is 2.44. The van der Waals surface area contributed by atoms with Crippen molar-refractivity contribution >= 4 is 5.78 Å². The van der Waals surface area contributed by atoms with Gasteiger partial charge in [-0.2, -0.15) is 0 Å². The molecule has 104 valence electrons. The maximum atomic E-state index is 11.5. The number of carbonyl (C=O) groups excluding carboxylic acids is 1. The maximum absolute atomic E-state index is 11.5. The highest BCUT2D eigenvalue weighted by Crippen LogP contribution is 2.21. The molecule has 20 heavy (non-hydrogen) atoms. The molecule has 0 atom stereocenters. The quantitative estimate of drug-likeness (QED) is 0.455. The third kappa shape index (κ3) is 3.93. The topological polar surface area (TPSA) is 35.5 Å². The van der Waals surface area contributed by atoms with E-state index in [1.54, 1.807) is 6.07 Å². The number of benzene rings is 2. The lowest BCUT2D eigenvalue weighted by Gasteiger charge is -2.11. The minimum Gasteiger partial charge on any atom is -0.467 e. The van der Waals surface area contributed by atoms with Crippen molar-refractivity contribution in [2.24, 2.45) is 0 Å². The van der Waals surface area contributed by atoms with Crippen molar-refractivity contribution in [1.29, 1.82) is 0 Å². The molecule has 0 fully saturated rings. The van der Waals surface area contributed by atoms with Crippen LogP contribution in [0.3, 0.4) is 0 Å². The first-order chi connectivity index (χ1) is 9.66. The summed E-state index contributed by atoms with van der Waals surface area (Å²) < 4.78 is 11.0. The van der Waals surface area contributed by atoms with Gasteiger partial charge < -0.3 is 9.47 Å². The molecule has 0 heterocycles. The molecule has 0 aliphatic rings. The Bertz CT molecular complexity index is 576. The Morgan fingerprint density at radius 3 is 2.55 bits per heavy atom. The Labute approximate surface area is 119 Å². The second kappa shape index (κ2) is 6.87. The first-order valence-corrected chi connectivity index (χ1v) is 6.53. The number of ketones is 1. The lowest BCUT2D eigenvalue weighted by Crippen LogP contribution is -2.06. The largest absolute Gasteiger partial charge is 0.467 e. The molecular weight excluding hydrogens is 252 g/mol. The van der Waals surface area contributed by atoms with Gasteiger partial charge in [0.15, 0.2) is 12.6 Å². The van der Waals surface area contributed by atoms with Gasteiger partial charge in [0.05, 0.1) is 12.2 Å². The third-order valence-electron chi connectivity index (χ3n) is 2.93. The molecule has 0 saturated carbocycles. The summed E-state index contributed by atoms with van der Waals surface area (Å²) in [7, 11) is 0. The lowest BCUT2D eigenvalue weighted by atomic mass is 10.1. The van der Waals surface area contributed by atoms with E-state index in [0.29, 0.717) is 17.9 Å². The Balaban J connectivity index is 1.91. The van der Waals surface area contributed by atoms with E-state index in [9.17, 15) is 4.79 Å². The normalized spacial score (nSPS) is 10.3. The van der Waals surface area contributed by atoms with Crippen LogP contribution < -0.4 is 4.74 Å². The molecule has 2 aromatic rings. The van der Waals surface area contributed by atoms with Crippen LogP contribution in [0.5, 0.6) is 5.75 Å². The van der Waals surface area contributed by atoms with Crippen LogP contribution in [-0.4, -0.2) is 12.6 Å². The SMILES string of the molecule is CC(=O)c1ccc(C)cc1OCOCc1ccccc1. The molecule has 0 unspecified atom stereocenters. The van der Waals surface area contributed by atoms with Gasteiger partial charge >= 0.3 is 0 Å². The van der Waals surface area contributed by atoms with Crippen molar-refractivity contribution in [3.8, 4) is 5.75 Å². The van der Waals surface area contributed by atoms with Crippen molar-refractivity contribution in [2.45, 2.75) is 20.5 Å². The van der Waals surface area contributed by atoms with E-state index in [4.69, 9.17) is 9.47 Å².